The number of fused-ring (bicyclic) bond motifs is 1. The molecule has 0 aliphatic carbocycles. The standard InChI is InChI=1S/C25H24N2O2/c28-24(29)17-21-18-27(23-14-8-7-13-22(21)23)25(20-11-5-2-6-12-20)26-16-15-19-9-3-1-4-10-19/h1-14,18,25-26H,15-17H2,(H,28,29). The Labute approximate surface area is 170 Å². The number of nitrogens with zero attached hydrogens (tertiary/aromatic N) is 1. The van der Waals surface area contributed by atoms with E-state index in [1.165, 1.54) is 5.56 Å². The molecule has 0 amide bonds. The molecule has 1 unspecified atom stereocenters. The number of nitrogens with one attached hydrogen (secondary N) is 1. The minimum atomic E-state index is -0.818. The molecule has 0 radical (unpaired) electrons. The maximum atomic E-state index is 11.4. The van der Waals surface area contributed by atoms with E-state index in [-0.39, 0.29) is 12.6 Å². The van der Waals surface area contributed by atoms with Gasteiger partial charge < -0.3 is 9.67 Å². The van der Waals surface area contributed by atoms with Crippen LogP contribution in [-0.4, -0.2) is 22.2 Å². The SMILES string of the molecule is O=C(O)Cc1cn(C(NCCc2ccccc2)c2ccccc2)c2ccccc12. The van der Waals surface area contributed by atoms with Crippen molar-refractivity contribution in [2.75, 3.05) is 6.54 Å². The number of rotatable bonds is 8. The van der Waals surface area contributed by atoms with Crippen molar-refractivity contribution in [3.05, 3.63) is 108 Å². The average Bonchev–Trinajstić information content (AvgIpc) is 3.10. The van der Waals surface area contributed by atoms with Gasteiger partial charge in [0.05, 0.1) is 6.42 Å². The Balaban J connectivity index is 1.68. The van der Waals surface area contributed by atoms with Gasteiger partial charge in [-0.1, -0.05) is 78.9 Å². The Bertz CT molecular complexity index is 1090. The highest BCUT2D eigenvalue weighted by Crippen LogP contribution is 2.27. The second-order valence-corrected chi connectivity index (χ2v) is 7.15. The lowest BCUT2D eigenvalue weighted by Gasteiger charge is -2.22. The third-order valence-electron chi connectivity index (χ3n) is 5.15. The smallest absolute Gasteiger partial charge is 0.307 e. The topological polar surface area (TPSA) is 54.3 Å². The molecular weight excluding hydrogens is 360 g/mol. The van der Waals surface area contributed by atoms with Crippen molar-refractivity contribution >= 4 is 16.9 Å². The van der Waals surface area contributed by atoms with Crippen molar-refractivity contribution < 1.29 is 9.90 Å². The molecule has 4 heteroatoms. The van der Waals surface area contributed by atoms with Gasteiger partial charge in [0.25, 0.3) is 0 Å². The number of carboxylic acid groups (broad SMARTS) is 1. The quantitative estimate of drug-likeness (QED) is 0.465. The van der Waals surface area contributed by atoms with Gasteiger partial charge in [-0.25, -0.2) is 0 Å². The average molecular weight is 384 g/mol. The molecule has 2 N–H and O–H groups in total. The molecule has 0 fully saturated rings. The van der Waals surface area contributed by atoms with Crippen LogP contribution in [-0.2, 0) is 17.6 Å². The number of carbonyl (C=O) groups is 1. The van der Waals surface area contributed by atoms with Gasteiger partial charge >= 0.3 is 5.97 Å². The summed E-state index contributed by atoms with van der Waals surface area (Å²) in [7, 11) is 0. The van der Waals surface area contributed by atoms with Gasteiger partial charge in [-0.15, -0.1) is 0 Å². The first-order valence-corrected chi connectivity index (χ1v) is 9.85. The lowest BCUT2D eigenvalue weighted by atomic mass is 10.1. The highest BCUT2D eigenvalue weighted by atomic mass is 16.4. The van der Waals surface area contributed by atoms with E-state index >= 15 is 0 Å². The summed E-state index contributed by atoms with van der Waals surface area (Å²) in [6.07, 6.45) is 2.84. The van der Waals surface area contributed by atoms with E-state index in [9.17, 15) is 9.90 Å². The largest absolute Gasteiger partial charge is 0.481 e. The van der Waals surface area contributed by atoms with Crippen LogP contribution in [0.2, 0.25) is 0 Å². The third kappa shape index (κ3) is 4.39. The zero-order chi connectivity index (χ0) is 20.1. The molecule has 1 atom stereocenters. The first-order chi connectivity index (χ1) is 14.2. The maximum Gasteiger partial charge on any atom is 0.307 e. The first kappa shape index (κ1) is 19.0. The molecule has 0 aliphatic heterocycles. The number of aromatic nitrogens is 1. The maximum absolute atomic E-state index is 11.4. The van der Waals surface area contributed by atoms with Crippen LogP contribution in [0.1, 0.15) is 22.9 Å². The number of para-hydroxylation sites is 1. The fraction of sp³-hybridized carbons (Fsp3) is 0.160. The van der Waals surface area contributed by atoms with E-state index in [1.807, 2.05) is 48.7 Å². The lowest BCUT2D eigenvalue weighted by Crippen LogP contribution is -2.29. The predicted octanol–water partition coefficient (Wildman–Crippen LogP) is 4.65. The monoisotopic (exact) mass is 384 g/mol. The molecule has 4 aromatic rings. The number of carboxylic acids is 1. The first-order valence-electron chi connectivity index (χ1n) is 9.85. The summed E-state index contributed by atoms with van der Waals surface area (Å²) in [5.74, 6) is -0.818. The van der Waals surface area contributed by atoms with Gasteiger partial charge in [0.1, 0.15) is 6.17 Å². The van der Waals surface area contributed by atoms with E-state index < -0.39 is 5.97 Å². The molecule has 4 nitrogen and oxygen atoms in total. The van der Waals surface area contributed by atoms with Crippen LogP contribution in [0.5, 0.6) is 0 Å². The molecule has 0 bridgehead atoms. The van der Waals surface area contributed by atoms with Crippen LogP contribution in [0.15, 0.2) is 91.1 Å². The van der Waals surface area contributed by atoms with Crippen LogP contribution < -0.4 is 5.32 Å². The number of hydrogen-bond acceptors (Lipinski definition) is 2. The molecule has 146 valence electrons. The highest BCUT2D eigenvalue weighted by molar-refractivity contribution is 5.87. The zero-order valence-corrected chi connectivity index (χ0v) is 16.2. The Morgan fingerprint density at radius 2 is 1.55 bits per heavy atom. The second-order valence-electron chi connectivity index (χ2n) is 7.15. The minimum Gasteiger partial charge on any atom is -0.481 e. The van der Waals surface area contributed by atoms with Gasteiger partial charge in [-0.3, -0.25) is 10.1 Å². The summed E-state index contributed by atoms with van der Waals surface area (Å²) < 4.78 is 2.16. The van der Waals surface area contributed by atoms with Crippen molar-refractivity contribution in [1.29, 1.82) is 0 Å². The summed E-state index contributed by atoms with van der Waals surface area (Å²) in [6, 6.07) is 28.7. The van der Waals surface area contributed by atoms with Crippen molar-refractivity contribution in [2.24, 2.45) is 0 Å². The van der Waals surface area contributed by atoms with Gasteiger partial charge in [0.2, 0.25) is 0 Å². The molecule has 0 spiro atoms. The Morgan fingerprint density at radius 1 is 0.897 bits per heavy atom. The van der Waals surface area contributed by atoms with Gasteiger partial charge in [-0.2, -0.15) is 0 Å². The van der Waals surface area contributed by atoms with E-state index in [1.54, 1.807) is 0 Å². The molecule has 3 aromatic carbocycles. The Morgan fingerprint density at radius 3 is 2.28 bits per heavy atom. The van der Waals surface area contributed by atoms with Crippen molar-refractivity contribution in [3.63, 3.8) is 0 Å². The molecule has 1 aromatic heterocycles. The predicted molar refractivity (Wildman–Crippen MR) is 116 cm³/mol. The fourth-order valence-corrected chi connectivity index (χ4v) is 3.80. The van der Waals surface area contributed by atoms with Crippen LogP contribution in [0.4, 0.5) is 0 Å². The molecule has 0 saturated heterocycles. The minimum absolute atomic E-state index is 0.0129. The highest BCUT2D eigenvalue weighted by Gasteiger charge is 2.18. The molecule has 1 heterocycles. The van der Waals surface area contributed by atoms with E-state index in [2.05, 4.69) is 52.3 Å². The van der Waals surface area contributed by atoms with Crippen molar-refractivity contribution in [1.82, 2.24) is 9.88 Å². The Kier molecular flexibility index (Phi) is 5.73. The lowest BCUT2D eigenvalue weighted by molar-refractivity contribution is -0.136. The number of benzene rings is 3. The number of aliphatic carboxylic acids is 1. The Hall–Kier alpha value is -3.37. The van der Waals surface area contributed by atoms with Crippen molar-refractivity contribution in [2.45, 2.75) is 19.0 Å². The molecule has 0 saturated carbocycles. The summed E-state index contributed by atoms with van der Waals surface area (Å²) in [6.45, 7) is 0.810. The summed E-state index contributed by atoms with van der Waals surface area (Å²) in [5.41, 5.74) is 4.29. The third-order valence-corrected chi connectivity index (χ3v) is 5.15. The van der Waals surface area contributed by atoms with Crippen molar-refractivity contribution in [3.8, 4) is 0 Å². The molecule has 4 rings (SSSR count). The fourth-order valence-electron chi connectivity index (χ4n) is 3.80. The molecule has 0 aliphatic rings. The van der Waals surface area contributed by atoms with Crippen LogP contribution in [0, 0.1) is 0 Å². The van der Waals surface area contributed by atoms with Crippen LogP contribution >= 0.6 is 0 Å². The summed E-state index contributed by atoms with van der Waals surface area (Å²) >= 11 is 0. The van der Waals surface area contributed by atoms with Crippen LogP contribution in [0.3, 0.4) is 0 Å². The normalized spacial score (nSPS) is 12.1. The van der Waals surface area contributed by atoms with E-state index in [0.29, 0.717) is 0 Å². The summed E-state index contributed by atoms with van der Waals surface area (Å²) in [5, 5.41) is 14.0. The zero-order valence-electron chi connectivity index (χ0n) is 16.2. The second kappa shape index (κ2) is 8.76. The van der Waals surface area contributed by atoms with Gasteiger partial charge in [-0.05, 0) is 29.2 Å². The van der Waals surface area contributed by atoms with Crippen LogP contribution in [0.25, 0.3) is 10.9 Å². The summed E-state index contributed by atoms with van der Waals surface area (Å²) in [4.78, 5) is 11.4. The molecule has 29 heavy (non-hydrogen) atoms. The van der Waals surface area contributed by atoms with E-state index in [4.69, 9.17) is 0 Å². The van der Waals surface area contributed by atoms with E-state index in [0.717, 1.165) is 35.0 Å². The van der Waals surface area contributed by atoms with Gasteiger partial charge in [0.15, 0.2) is 0 Å². The number of hydrogen-bond donors (Lipinski definition) is 2. The molecular formula is C25H24N2O2. The van der Waals surface area contributed by atoms with Gasteiger partial charge in [0, 0.05) is 23.6 Å².